The summed E-state index contributed by atoms with van der Waals surface area (Å²) in [5.41, 5.74) is 0.633. The minimum atomic E-state index is -0.0214. The van der Waals surface area contributed by atoms with Crippen LogP contribution in [0.15, 0.2) is 24.5 Å². The molecule has 1 aliphatic heterocycles. The van der Waals surface area contributed by atoms with Gasteiger partial charge in [0.25, 0.3) is 5.91 Å². The van der Waals surface area contributed by atoms with Gasteiger partial charge in [0, 0.05) is 18.4 Å². The lowest BCUT2D eigenvalue weighted by atomic mass is 9.95. The van der Waals surface area contributed by atoms with Crippen LogP contribution in [0.5, 0.6) is 0 Å². The molecule has 1 amide bonds. The third kappa shape index (κ3) is 4.44. The van der Waals surface area contributed by atoms with Gasteiger partial charge in [0.1, 0.15) is 0 Å². The van der Waals surface area contributed by atoms with Crippen LogP contribution in [0.25, 0.3) is 0 Å². The minimum absolute atomic E-state index is 0. The summed E-state index contributed by atoms with van der Waals surface area (Å²) in [5, 5.41) is 6.38. The number of nitrogens with one attached hydrogen (secondary N) is 2. The third-order valence-electron chi connectivity index (χ3n) is 3.03. The van der Waals surface area contributed by atoms with Crippen molar-refractivity contribution in [3.05, 3.63) is 30.1 Å². The monoisotopic (exact) mass is 291 g/mol. The summed E-state index contributed by atoms with van der Waals surface area (Å²) in [6, 6.07) is 3.84. The number of hydrogen-bond acceptors (Lipinski definition) is 3. The quantitative estimate of drug-likeness (QED) is 0.871. The Labute approximate surface area is 120 Å². The number of carbonyl (C=O) groups excluding carboxylic acids is 1. The molecule has 0 radical (unpaired) electrons. The van der Waals surface area contributed by atoms with E-state index < -0.39 is 0 Å². The Hall–Kier alpha value is -0.840. The maximum Gasteiger partial charge on any atom is 0.253 e. The van der Waals surface area contributed by atoms with Gasteiger partial charge in [0.15, 0.2) is 0 Å². The first-order chi connectivity index (χ1) is 7.77. The second kappa shape index (κ2) is 8.29. The number of amides is 1. The molecule has 2 unspecified atom stereocenters. The van der Waals surface area contributed by atoms with E-state index in [2.05, 4.69) is 22.5 Å². The summed E-state index contributed by atoms with van der Waals surface area (Å²) < 4.78 is 0. The van der Waals surface area contributed by atoms with Crippen molar-refractivity contribution >= 4 is 30.7 Å². The van der Waals surface area contributed by atoms with E-state index in [-0.39, 0.29) is 36.8 Å². The van der Waals surface area contributed by atoms with Crippen LogP contribution in [0.2, 0.25) is 0 Å². The van der Waals surface area contributed by atoms with Gasteiger partial charge < -0.3 is 10.6 Å². The van der Waals surface area contributed by atoms with Gasteiger partial charge in [-0.2, -0.15) is 0 Å². The smallest absolute Gasteiger partial charge is 0.253 e. The van der Waals surface area contributed by atoms with E-state index in [1.165, 1.54) is 0 Å². The van der Waals surface area contributed by atoms with Crippen molar-refractivity contribution in [3.8, 4) is 0 Å². The lowest BCUT2D eigenvalue weighted by Crippen LogP contribution is -2.48. The zero-order valence-electron chi connectivity index (χ0n) is 10.3. The van der Waals surface area contributed by atoms with Crippen molar-refractivity contribution < 1.29 is 4.79 Å². The Morgan fingerprint density at radius 1 is 1.50 bits per heavy atom. The predicted molar refractivity (Wildman–Crippen MR) is 76.6 cm³/mol. The lowest BCUT2D eigenvalue weighted by molar-refractivity contribution is 0.0914. The molecule has 0 aliphatic carbocycles. The molecule has 1 fully saturated rings. The molecule has 0 spiro atoms. The van der Waals surface area contributed by atoms with E-state index >= 15 is 0 Å². The molecular weight excluding hydrogens is 273 g/mol. The first kappa shape index (κ1) is 17.2. The molecule has 18 heavy (non-hydrogen) atoms. The summed E-state index contributed by atoms with van der Waals surface area (Å²) in [6.07, 6.45) is 4.26. The Morgan fingerprint density at radius 3 is 2.89 bits per heavy atom. The summed E-state index contributed by atoms with van der Waals surface area (Å²) in [7, 11) is 0. The van der Waals surface area contributed by atoms with E-state index in [4.69, 9.17) is 0 Å². The van der Waals surface area contributed by atoms with Gasteiger partial charge in [-0.3, -0.25) is 9.78 Å². The third-order valence-corrected chi connectivity index (χ3v) is 3.03. The molecule has 0 aromatic carbocycles. The van der Waals surface area contributed by atoms with Crippen LogP contribution >= 0.6 is 24.8 Å². The molecule has 0 bridgehead atoms. The van der Waals surface area contributed by atoms with E-state index in [1.54, 1.807) is 24.5 Å². The van der Waals surface area contributed by atoms with Crippen molar-refractivity contribution in [2.45, 2.75) is 19.4 Å². The maximum absolute atomic E-state index is 11.9. The highest BCUT2D eigenvalue weighted by Crippen LogP contribution is 2.11. The average Bonchev–Trinajstić information content (AvgIpc) is 2.33. The maximum atomic E-state index is 11.9. The Balaban J connectivity index is 0.00000144. The summed E-state index contributed by atoms with van der Waals surface area (Å²) >= 11 is 0. The molecule has 2 heterocycles. The SMILES string of the molecule is CC1CNCCC1NC(=O)c1cccnc1.Cl.Cl. The number of halogens is 2. The van der Waals surface area contributed by atoms with Crippen molar-refractivity contribution in [1.29, 1.82) is 0 Å². The lowest BCUT2D eigenvalue weighted by Gasteiger charge is -2.30. The van der Waals surface area contributed by atoms with Crippen LogP contribution in [-0.4, -0.2) is 30.0 Å². The standard InChI is InChI=1S/C12H17N3O.2ClH/c1-9-7-14-6-4-11(9)15-12(16)10-3-2-5-13-8-10;;/h2-3,5,8-9,11,14H,4,6-7H2,1H3,(H,15,16);2*1H. The fraction of sp³-hybridized carbons (Fsp3) is 0.500. The van der Waals surface area contributed by atoms with E-state index in [0.717, 1.165) is 19.5 Å². The zero-order chi connectivity index (χ0) is 11.4. The Bertz CT molecular complexity index is 362. The van der Waals surface area contributed by atoms with E-state index in [1.807, 2.05) is 0 Å². The second-order valence-corrected chi connectivity index (χ2v) is 4.29. The number of rotatable bonds is 2. The summed E-state index contributed by atoms with van der Waals surface area (Å²) in [4.78, 5) is 15.8. The zero-order valence-corrected chi connectivity index (χ0v) is 11.9. The van der Waals surface area contributed by atoms with Gasteiger partial charge in [0.2, 0.25) is 0 Å². The normalized spacial score (nSPS) is 22.3. The highest BCUT2D eigenvalue weighted by molar-refractivity contribution is 5.94. The highest BCUT2D eigenvalue weighted by Gasteiger charge is 2.22. The molecule has 1 saturated heterocycles. The fourth-order valence-electron chi connectivity index (χ4n) is 1.98. The van der Waals surface area contributed by atoms with Crippen molar-refractivity contribution in [3.63, 3.8) is 0 Å². The predicted octanol–water partition coefficient (Wildman–Crippen LogP) is 1.65. The molecule has 4 nitrogen and oxygen atoms in total. The minimum Gasteiger partial charge on any atom is -0.349 e. The molecule has 0 saturated carbocycles. The molecule has 102 valence electrons. The molecule has 6 heteroatoms. The first-order valence-electron chi connectivity index (χ1n) is 5.69. The highest BCUT2D eigenvalue weighted by atomic mass is 35.5. The van der Waals surface area contributed by atoms with Gasteiger partial charge >= 0.3 is 0 Å². The summed E-state index contributed by atoms with van der Waals surface area (Å²) in [6.45, 7) is 4.10. The molecule has 1 aromatic heterocycles. The number of hydrogen-bond donors (Lipinski definition) is 2. The topological polar surface area (TPSA) is 54.0 Å². The van der Waals surface area contributed by atoms with Crippen molar-refractivity contribution in [1.82, 2.24) is 15.6 Å². The molecule has 1 aliphatic rings. The van der Waals surface area contributed by atoms with Crippen molar-refractivity contribution in [2.75, 3.05) is 13.1 Å². The average molecular weight is 292 g/mol. The molecular formula is C12H19Cl2N3O. The fourth-order valence-corrected chi connectivity index (χ4v) is 1.98. The van der Waals surface area contributed by atoms with Gasteiger partial charge in [-0.25, -0.2) is 0 Å². The van der Waals surface area contributed by atoms with Gasteiger partial charge in [-0.15, -0.1) is 24.8 Å². The largest absolute Gasteiger partial charge is 0.349 e. The van der Waals surface area contributed by atoms with Crippen LogP contribution in [0.1, 0.15) is 23.7 Å². The first-order valence-corrected chi connectivity index (χ1v) is 5.69. The number of carbonyl (C=O) groups is 1. The van der Waals surface area contributed by atoms with Gasteiger partial charge in [0.05, 0.1) is 5.56 Å². The number of aromatic nitrogens is 1. The van der Waals surface area contributed by atoms with Crippen LogP contribution in [0, 0.1) is 5.92 Å². The number of piperidine rings is 1. The number of pyridine rings is 1. The Morgan fingerprint density at radius 2 is 2.28 bits per heavy atom. The Kier molecular flexibility index (Phi) is 7.91. The summed E-state index contributed by atoms with van der Waals surface area (Å²) in [5.74, 6) is 0.459. The van der Waals surface area contributed by atoms with Gasteiger partial charge in [-0.05, 0) is 37.6 Å². The molecule has 1 aromatic rings. The van der Waals surface area contributed by atoms with Crippen LogP contribution < -0.4 is 10.6 Å². The van der Waals surface area contributed by atoms with E-state index in [9.17, 15) is 4.79 Å². The molecule has 2 rings (SSSR count). The number of nitrogens with zero attached hydrogens (tertiary/aromatic N) is 1. The van der Waals surface area contributed by atoms with Crippen molar-refractivity contribution in [2.24, 2.45) is 5.92 Å². The van der Waals surface area contributed by atoms with Crippen LogP contribution in [0.3, 0.4) is 0 Å². The molecule has 2 atom stereocenters. The van der Waals surface area contributed by atoms with E-state index in [0.29, 0.717) is 11.5 Å². The molecule has 2 N–H and O–H groups in total. The van der Waals surface area contributed by atoms with Crippen LogP contribution in [0.4, 0.5) is 0 Å². The van der Waals surface area contributed by atoms with Crippen LogP contribution in [-0.2, 0) is 0 Å². The second-order valence-electron chi connectivity index (χ2n) is 4.29. The van der Waals surface area contributed by atoms with Gasteiger partial charge in [-0.1, -0.05) is 6.92 Å².